The average Bonchev–Trinajstić information content (AvgIpc) is 2.27. The lowest BCUT2D eigenvalue weighted by Gasteiger charge is -2.22. The summed E-state index contributed by atoms with van der Waals surface area (Å²) >= 11 is 0. The SMILES string of the molecule is [O-]/[N+](=N\O)[C@@H]1CCCC[C@@H]1/[N+]([O-])=N/O. The van der Waals surface area contributed by atoms with Gasteiger partial charge in [0.25, 0.3) is 12.1 Å². The molecule has 0 spiro atoms. The Morgan fingerprint density at radius 3 is 1.57 bits per heavy atom. The summed E-state index contributed by atoms with van der Waals surface area (Å²) in [6.45, 7) is 0. The van der Waals surface area contributed by atoms with E-state index in [1.807, 2.05) is 0 Å². The van der Waals surface area contributed by atoms with Crippen molar-refractivity contribution in [2.45, 2.75) is 37.8 Å². The zero-order chi connectivity index (χ0) is 10.6. The van der Waals surface area contributed by atoms with E-state index >= 15 is 0 Å². The molecule has 0 radical (unpaired) electrons. The molecule has 0 aliphatic heterocycles. The van der Waals surface area contributed by atoms with Crippen molar-refractivity contribution in [2.75, 3.05) is 0 Å². The number of hydrogen-bond acceptors (Lipinski definition) is 4. The zero-order valence-electron chi connectivity index (χ0n) is 7.48. The molecular weight excluding hydrogens is 192 g/mol. The molecule has 1 aliphatic rings. The second-order valence-corrected chi connectivity index (χ2v) is 3.20. The first kappa shape index (κ1) is 10.5. The van der Waals surface area contributed by atoms with E-state index in [0.717, 1.165) is 12.8 Å². The fourth-order valence-corrected chi connectivity index (χ4v) is 1.74. The predicted octanol–water partition coefficient (Wildman–Crippen LogP) is 1.00. The van der Waals surface area contributed by atoms with Gasteiger partial charge in [0, 0.05) is 12.8 Å². The van der Waals surface area contributed by atoms with Crippen LogP contribution in [0.5, 0.6) is 0 Å². The highest BCUT2D eigenvalue weighted by atomic mass is 16.6. The highest BCUT2D eigenvalue weighted by molar-refractivity contribution is 4.73. The highest BCUT2D eigenvalue weighted by Gasteiger charge is 2.40. The van der Waals surface area contributed by atoms with Crippen LogP contribution in [0.2, 0.25) is 0 Å². The zero-order valence-corrected chi connectivity index (χ0v) is 7.48. The van der Waals surface area contributed by atoms with Crippen LogP contribution in [0.4, 0.5) is 0 Å². The monoisotopic (exact) mass is 204 g/mol. The van der Waals surface area contributed by atoms with Gasteiger partial charge in [-0.1, -0.05) is 0 Å². The van der Waals surface area contributed by atoms with Gasteiger partial charge in [-0.2, -0.15) is 0 Å². The van der Waals surface area contributed by atoms with Crippen LogP contribution >= 0.6 is 0 Å². The van der Waals surface area contributed by atoms with E-state index in [-0.39, 0.29) is 9.72 Å². The van der Waals surface area contributed by atoms with Crippen LogP contribution in [0, 0.1) is 10.4 Å². The summed E-state index contributed by atoms with van der Waals surface area (Å²) in [6, 6.07) is -1.50. The van der Waals surface area contributed by atoms with Crippen molar-refractivity contribution < 1.29 is 20.1 Å². The molecule has 14 heavy (non-hydrogen) atoms. The van der Waals surface area contributed by atoms with Gasteiger partial charge in [0.1, 0.15) is 0 Å². The van der Waals surface area contributed by atoms with E-state index in [2.05, 4.69) is 10.6 Å². The van der Waals surface area contributed by atoms with Gasteiger partial charge in [-0.3, -0.25) is 0 Å². The molecule has 80 valence electrons. The van der Waals surface area contributed by atoms with E-state index in [0.29, 0.717) is 12.8 Å². The molecule has 2 N–H and O–H groups in total. The Bertz CT molecular complexity index is 228. The Morgan fingerprint density at radius 2 is 1.29 bits per heavy atom. The third-order valence-electron chi connectivity index (χ3n) is 2.44. The molecule has 1 saturated carbocycles. The van der Waals surface area contributed by atoms with Crippen molar-refractivity contribution in [3.8, 4) is 0 Å². The summed E-state index contributed by atoms with van der Waals surface area (Å²) < 4.78 is 0. The molecule has 0 aromatic heterocycles. The third kappa shape index (κ3) is 2.01. The topological polar surface area (TPSA) is 117 Å². The van der Waals surface area contributed by atoms with Crippen LogP contribution in [0.15, 0.2) is 10.6 Å². The molecule has 0 unspecified atom stereocenters. The Balaban J connectivity index is 2.79. The number of nitrogens with zero attached hydrogens (tertiary/aromatic N) is 4. The lowest BCUT2D eigenvalue weighted by atomic mass is 9.91. The van der Waals surface area contributed by atoms with Crippen molar-refractivity contribution in [2.24, 2.45) is 10.6 Å². The van der Waals surface area contributed by atoms with Crippen LogP contribution < -0.4 is 0 Å². The van der Waals surface area contributed by atoms with Gasteiger partial charge in [-0.25, -0.2) is 0 Å². The van der Waals surface area contributed by atoms with Crippen molar-refractivity contribution in [1.82, 2.24) is 0 Å². The Hall–Kier alpha value is -1.60. The van der Waals surface area contributed by atoms with Gasteiger partial charge in [0.05, 0.1) is 0 Å². The molecule has 1 fully saturated rings. The molecule has 2 atom stereocenters. The number of hydroxylamine groups is 2. The molecule has 0 bridgehead atoms. The maximum Gasteiger partial charge on any atom is 0.257 e. The first-order chi connectivity index (χ1) is 6.70. The molecule has 0 heterocycles. The summed E-state index contributed by atoms with van der Waals surface area (Å²) in [5.74, 6) is 0. The minimum absolute atomic E-state index is 0.0832. The average molecular weight is 204 g/mol. The standard InChI is InChI=1S/C6H12N4O4/c11-7-9(13)5-3-1-2-4-6(5)10(14)8-12/h5-6,11-12H,1-4H2/b9-7-,10-8-/t5-,6+. The molecule has 1 aliphatic carbocycles. The first-order valence-electron chi connectivity index (χ1n) is 4.33. The Labute approximate surface area is 79.9 Å². The maximum atomic E-state index is 11.0. The summed E-state index contributed by atoms with van der Waals surface area (Å²) in [7, 11) is 0. The number of rotatable bonds is 2. The van der Waals surface area contributed by atoms with E-state index in [1.165, 1.54) is 0 Å². The van der Waals surface area contributed by atoms with Gasteiger partial charge < -0.3 is 20.8 Å². The summed E-state index contributed by atoms with van der Waals surface area (Å²) in [6.07, 6.45) is 2.47. The molecule has 0 amide bonds. The van der Waals surface area contributed by atoms with Crippen molar-refractivity contribution >= 4 is 0 Å². The Kier molecular flexibility index (Phi) is 3.43. The fraction of sp³-hybridized carbons (Fsp3) is 1.00. The van der Waals surface area contributed by atoms with E-state index in [9.17, 15) is 10.4 Å². The molecule has 0 saturated heterocycles. The fourth-order valence-electron chi connectivity index (χ4n) is 1.74. The van der Waals surface area contributed by atoms with Crippen LogP contribution in [-0.4, -0.2) is 32.2 Å². The molecule has 0 aromatic carbocycles. The molecule has 8 nitrogen and oxygen atoms in total. The smallest absolute Gasteiger partial charge is 0.257 e. The molecule has 1 rings (SSSR count). The van der Waals surface area contributed by atoms with E-state index in [4.69, 9.17) is 10.4 Å². The van der Waals surface area contributed by atoms with E-state index < -0.39 is 12.1 Å². The third-order valence-corrected chi connectivity index (χ3v) is 2.44. The summed E-state index contributed by atoms with van der Waals surface area (Å²) in [5.41, 5.74) is 0. The predicted molar refractivity (Wildman–Crippen MR) is 41.7 cm³/mol. The summed E-state index contributed by atoms with van der Waals surface area (Å²) in [4.78, 5) is 0.166. The highest BCUT2D eigenvalue weighted by Crippen LogP contribution is 2.23. The second kappa shape index (κ2) is 4.58. The van der Waals surface area contributed by atoms with Crippen molar-refractivity contribution in [3.05, 3.63) is 10.4 Å². The molecule has 0 aromatic rings. The van der Waals surface area contributed by atoms with Gasteiger partial charge in [-0.15, -0.1) is 0 Å². The summed E-state index contributed by atoms with van der Waals surface area (Å²) in [5, 5.41) is 43.5. The lowest BCUT2D eigenvalue weighted by molar-refractivity contribution is -0.680. The minimum Gasteiger partial charge on any atom is -0.597 e. The number of hydrogen-bond donors (Lipinski definition) is 2. The normalized spacial score (nSPS) is 30.3. The van der Waals surface area contributed by atoms with Gasteiger partial charge in [0.15, 0.2) is 10.6 Å². The van der Waals surface area contributed by atoms with Gasteiger partial charge >= 0.3 is 0 Å². The van der Waals surface area contributed by atoms with Crippen LogP contribution in [-0.2, 0) is 0 Å². The quantitative estimate of drug-likeness (QED) is 0.396. The van der Waals surface area contributed by atoms with Crippen molar-refractivity contribution in [3.63, 3.8) is 0 Å². The van der Waals surface area contributed by atoms with E-state index in [1.54, 1.807) is 0 Å². The molecular formula is C6H12N4O4. The Morgan fingerprint density at radius 1 is 0.929 bits per heavy atom. The minimum atomic E-state index is -0.748. The second-order valence-electron chi connectivity index (χ2n) is 3.20. The van der Waals surface area contributed by atoms with Crippen LogP contribution in [0.1, 0.15) is 25.7 Å². The maximum absolute atomic E-state index is 11.0. The van der Waals surface area contributed by atoms with Crippen molar-refractivity contribution in [1.29, 1.82) is 0 Å². The van der Waals surface area contributed by atoms with Gasteiger partial charge in [-0.05, 0) is 22.6 Å². The van der Waals surface area contributed by atoms with Crippen LogP contribution in [0.3, 0.4) is 0 Å². The lowest BCUT2D eigenvalue weighted by Crippen LogP contribution is -2.42. The van der Waals surface area contributed by atoms with Gasteiger partial charge in [0.2, 0.25) is 0 Å². The first-order valence-corrected chi connectivity index (χ1v) is 4.33. The van der Waals surface area contributed by atoms with Crippen LogP contribution in [0.25, 0.3) is 0 Å². The largest absolute Gasteiger partial charge is 0.597 e. The molecule has 8 heteroatoms.